The van der Waals surface area contributed by atoms with Gasteiger partial charge in [-0.05, 0) is 48.9 Å². The van der Waals surface area contributed by atoms with Crippen molar-refractivity contribution >= 4 is 45.0 Å². The maximum atomic E-state index is 12.7. The first-order chi connectivity index (χ1) is 12.4. The van der Waals surface area contributed by atoms with Crippen molar-refractivity contribution in [3.63, 3.8) is 0 Å². The molecule has 3 rings (SSSR count). The van der Waals surface area contributed by atoms with Gasteiger partial charge < -0.3 is 5.32 Å². The van der Waals surface area contributed by atoms with E-state index >= 15 is 0 Å². The molecule has 1 N–H and O–H groups in total. The molecule has 1 aliphatic heterocycles. The topological polar surface area (TPSA) is 66.5 Å². The van der Waals surface area contributed by atoms with Gasteiger partial charge in [0.2, 0.25) is 0 Å². The Morgan fingerprint density at radius 3 is 2.62 bits per heavy atom. The van der Waals surface area contributed by atoms with E-state index in [0.29, 0.717) is 12.8 Å². The Hall–Kier alpha value is -1.99. The number of aryl methyl sites for hydroxylation is 1. The molecule has 0 bridgehead atoms. The van der Waals surface area contributed by atoms with Crippen molar-refractivity contribution in [1.82, 2.24) is 10.2 Å². The van der Waals surface area contributed by atoms with E-state index < -0.39 is 11.6 Å². The quantitative estimate of drug-likeness (QED) is 0.677. The Kier molecular flexibility index (Phi) is 5.58. The zero-order chi connectivity index (χ0) is 18.7. The molecule has 3 amide bonds. The monoisotopic (exact) mass is 434 g/mol. The molecule has 0 saturated carbocycles. The lowest BCUT2D eigenvalue weighted by atomic mass is 9.95. The van der Waals surface area contributed by atoms with Crippen molar-refractivity contribution in [2.24, 2.45) is 0 Å². The highest BCUT2D eigenvalue weighted by molar-refractivity contribution is 9.10. The first kappa shape index (κ1) is 18.8. The fraction of sp³-hybridized carbons (Fsp3) is 0.316. The lowest BCUT2D eigenvalue weighted by Gasteiger charge is -2.21. The molecule has 1 aromatic heterocycles. The van der Waals surface area contributed by atoms with Crippen LogP contribution < -0.4 is 5.32 Å². The number of benzene rings is 1. The van der Waals surface area contributed by atoms with Crippen molar-refractivity contribution in [2.45, 2.75) is 31.7 Å². The normalized spacial score (nSPS) is 19.7. The molecule has 1 aromatic carbocycles. The molecule has 1 fully saturated rings. The number of urea groups is 1. The molecule has 7 heteroatoms. The van der Waals surface area contributed by atoms with Crippen LogP contribution in [0.15, 0.2) is 46.3 Å². The number of nitrogens with one attached hydrogen (secondary N) is 1. The van der Waals surface area contributed by atoms with E-state index in [1.54, 1.807) is 18.3 Å². The number of hydrogen-bond donors (Lipinski definition) is 1. The van der Waals surface area contributed by atoms with Crippen LogP contribution in [0, 0.1) is 0 Å². The van der Waals surface area contributed by atoms with Crippen molar-refractivity contribution in [2.75, 3.05) is 6.54 Å². The van der Waals surface area contributed by atoms with Gasteiger partial charge in [-0.1, -0.05) is 34.1 Å². The van der Waals surface area contributed by atoms with Crippen molar-refractivity contribution in [1.29, 1.82) is 0 Å². The Labute approximate surface area is 164 Å². The van der Waals surface area contributed by atoms with Crippen LogP contribution in [-0.4, -0.2) is 34.7 Å². The van der Waals surface area contributed by atoms with Crippen molar-refractivity contribution < 1.29 is 14.4 Å². The summed E-state index contributed by atoms with van der Waals surface area (Å²) in [5, 5.41) is 4.74. The van der Waals surface area contributed by atoms with E-state index in [-0.39, 0.29) is 24.7 Å². The van der Waals surface area contributed by atoms with Crippen LogP contribution in [-0.2, 0) is 22.4 Å². The second-order valence-corrected chi connectivity index (χ2v) is 8.52. The Morgan fingerprint density at radius 2 is 1.96 bits per heavy atom. The summed E-state index contributed by atoms with van der Waals surface area (Å²) in [6.07, 6.45) is 1.41. The molecule has 1 unspecified atom stereocenters. The number of rotatable bonds is 7. The van der Waals surface area contributed by atoms with Crippen LogP contribution in [0.5, 0.6) is 0 Å². The smallest absolute Gasteiger partial charge is 0.323 e. The summed E-state index contributed by atoms with van der Waals surface area (Å²) in [4.78, 5) is 39.5. The highest BCUT2D eigenvalue weighted by atomic mass is 79.9. The minimum absolute atomic E-state index is 0.168. The second kappa shape index (κ2) is 7.72. The van der Waals surface area contributed by atoms with Crippen molar-refractivity contribution in [3.8, 4) is 0 Å². The SMILES string of the molecule is CC1(CCc2cccs2)NC(=O)N(CC(=O)Cc2ccc(Br)cc2)C1=O. The number of Topliss-reactive ketones (excluding diaryl/α,β-unsaturated/α-hetero) is 1. The van der Waals surface area contributed by atoms with Crippen LogP contribution in [0.2, 0.25) is 0 Å². The lowest BCUT2D eigenvalue weighted by molar-refractivity contribution is -0.134. The van der Waals surface area contributed by atoms with Gasteiger partial charge in [-0.15, -0.1) is 11.3 Å². The third kappa shape index (κ3) is 4.22. The van der Waals surface area contributed by atoms with Gasteiger partial charge in [0.15, 0.2) is 5.78 Å². The number of thiophene rings is 1. The van der Waals surface area contributed by atoms with E-state index in [2.05, 4.69) is 21.2 Å². The van der Waals surface area contributed by atoms with Gasteiger partial charge in [0.25, 0.3) is 5.91 Å². The van der Waals surface area contributed by atoms with Gasteiger partial charge in [0, 0.05) is 15.8 Å². The standard InChI is InChI=1S/C19H19BrN2O3S/c1-19(9-8-16-3-2-10-26-16)17(24)22(18(25)21-19)12-15(23)11-13-4-6-14(20)7-5-13/h2-7,10H,8-9,11-12H2,1H3,(H,21,25). The average Bonchev–Trinajstić information content (AvgIpc) is 3.19. The van der Waals surface area contributed by atoms with Crippen LogP contribution in [0.25, 0.3) is 0 Å². The zero-order valence-corrected chi connectivity index (χ0v) is 16.7. The first-order valence-electron chi connectivity index (χ1n) is 8.30. The van der Waals surface area contributed by atoms with Gasteiger partial charge in [-0.3, -0.25) is 14.5 Å². The highest BCUT2D eigenvalue weighted by Crippen LogP contribution is 2.24. The predicted molar refractivity (Wildman–Crippen MR) is 104 cm³/mol. The summed E-state index contributed by atoms with van der Waals surface area (Å²) in [5.74, 6) is -0.499. The lowest BCUT2D eigenvalue weighted by Crippen LogP contribution is -2.44. The molecule has 1 atom stereocenters. The molecule has 2 heterocycles. The molecule has 5 nitrogen and oxygen atoms in total. The van der Waals surface area contributed by atoms with E-state index in [1.165, 1.54) is 0 Å². The van der Waals surface area contributed by atoms with Gasteiger partial charge in [-0.25, -0.2) is 4.79 Å². The van der Waals surface area contributed by atoms with Crippen molar-refractivity contribution in [3.05, 3.63) is 56.7 Å². The van der Waals surface area contributed by atoms with E-state index in [0.717, 1.165) is 19.8 Å². The summed E-state index contributed by atoms with van der Waals surface area (Å²) >= 11 is 4.98. The molecular formula is C19H19BrN2O3S. The van der Waals surface area contributed by atoms with Crippen LogP contribution in [0.3, 0.4) is 0 Å². The second-order valence-electron chi connectivity index (χ2n) is 6.57. The molecule has 26 heavy (non-hydrogen) atoms. The van der Waals surface area contributed by atoms with Gasteiger partial charge in [0.05, 0.1) is 6.54 Å². The van der Waals surface area contributed by atoms with Crippen LogP contribution >= 0.6 is 27.3 Å². The fourth-order valence-corrected chi connectivity index (χ4v) is 3.92. The number of nitrogens with zero attached hydrogens (tertiary/aromatic N) is 1. The highest BCUT2D eigenvalue weighted by Gasteiger charge is 2.47. The Bertz CT molecular complexity index is 820. The van der Waals surface area contributed by atoms with E-state index in [4.69, 9.17) is 0 Å². The van der Waals surface area contributed by atoms with E-state index in [9.17, 15) is 14.4 Å². The molecule has 2 aromatic rings. The number of amides is 3. The fourth-order valence-electron chi connectivity index (χ4n) is 2.95. The summed E-state index contributed by atoms with van der Waals surface area (Å²) in [7, 11) is 0. The number of imide groups is 1. The van der Waals surface area contributed by atoms with Crippen LogP contribution in [0.4, 0.5) is 4.79 Å². The van der Waals surface area contributed by atoms with Gasteiger partial charge in [-0.2, -0.15) is 0 Å². The minimum Gasteiger partial charge on any atom is -0.323 e. The van der Waals surface area contributed by atoms with Gasteiger partial charge in [0.1, 0.15) is 5.54 Å². The molecule has 0 spiro atoms. The van der Waals surface area contributed by atoms with E-state index in [1.807, 2.05) is 41.8 Å². The third-order valence-corrected chi connectivity index (χ3v) is 5.91. The number of halogens is 1. The van der Waals surface area contributed by atoms with Gasteiger partial charge >= 0.3 is 6.03 Å². The molecule has 136 valence electrons. The zero-order valence-electron chi connectivity index (χ0n) is 14.3. The summed E-state index contributed by atoms with van der Waals surface area (Å²) < 4.78 is 0.935. The summed E-state index contributed by atoms with van der Waals surface area (Å²) in [6, 6.07) is 10.9. The summed E-state index contributed by atoms with van der Waals surface area (Å²) in [6.45, 7) is 1.52. The number of carbonyl (C=O) groups is 3. The Balaban J connectivity index is 1.60. The maximum absolute atomic E-state index is 12.7. The molecule has 1 aliphatic rings. The molecule has 0 aliphatic carbocycles. The summed E-state index contributed by atoms with van der Waals surface area (Å²) in [5.41, 5.74) is -0.107. The van der Waals surface area contributed by atoms with Crippen LogP contribution in [0.1, 0.15) is 23.8 Å². The number of carbonyl (C=O) groups excluding carboxylic acids is 3. The maximum Gasteiger partial charge on any atom is 0.325 e. The third-order valence-electron chi connectivity index (χ3n) is 4.45. The molecule has 1 saturated heterocycles. The predicted octanol–water partition coefficient (Wildman–Crippen LogP) is 3.57. The first-order valence-corrected chi connectivity index (χ1v) is 9.97. The molecular weight excluding hydrogens is 416 g/mol. The number of ketones is 1. The number of hydrogen-bond acceptors (Lipinski definition) is 4. The minimum atomic E-state index is -0.959. The largest absolute Gasteiger partial charge is 0.325 e. The average molecular weight is 435 g/mol. The molecule has 0 radical (unpaired) electrons. The Morgan fingerprint density at radius 1 is 1.23 bits per heavy atom.